The Balaban J connectivity index is 1.37. The molecule has 5 nitrogen and oxygen atoms in total. The molecule has 0 saturated heterocycles. The Labute approximate surface area is 186 Å². The first kappa shape index (κ1) is 20.8. The fourth-order valence-corrected chi connectivity index (χ4v) is 3.78. The molecule has 4 rings (SSSR count). The van der Waals surface area contributed by atoms with Crippen LogP contribution >= 0.6 is 12.2 Å². The molecule has 0 fully saturated rings. The van der Waals surface area contributed by atoms with Crippen LogP contribution < -0.4 is 16.0 Å². The normalized spacial score (nSPS) is 11.9. The molecule has 6 heteroatoms. The quantitative estimate of drug-likeness (QED) is 0.427. The molecule has 1 unspecified atom stereocenters. The molecule has 0 aliphatic carbocycles. The average Bonchev–Trinajstić information content (AvgIpc) is 2.80. The van der Waals surface area contributed by atoms with E-state index in [0.717, 1.165) is 28.7 Å². The summed E-state index contributed by atoms with van der Waals surface area (Å²) >= 11 is 5.29. The molecular weight excluding hydrogens is 406 g/mol. The van der Waals surface area contributed by atoms with Crippen LogP contribution in [0.2, 0.25) is 0 Å². The lowest BCUT2D eigenvalue weighted by Gasteiger charge is -2.16. The summed E-state index contributed by atoms with van der Waals surface area (Å²) in [5.74, 6) is 0.734. The van der Waals surface area contributed by atoms with E-state index in [4.69, 9.17) is 22.7 Å². The van der Waals surface area contributed by atoms with Crippen LogP contribution in [0.25, 0.3) is 10.8 Å². The van der Waals surface area contributed by atoms with E-state index in [0.29, 0.717) is 23.5 Å². The summed E-state index contributed by atoms with van der Waals surface area (Å²) in [7, 11) is 0. The van der Waals surface area contributed by atoms with Crippen molar-refractivity contribution in [3.8, 4) is 5.75 Å². The molecule has 0 amide bonds. The van der Waals surface area contributed by atoms with Gasteiger partial charge in [0.25, 0.3) is 5.56 Å². The van der Waals surface area contributed by atoms with Gasteiger partial charge in [-0.1, -0.05) is 72.9 Å². The Morgan fingerprint density at radius 3 is 2.45 bits per heavy atom. The first-order chi connectivity index (χ1) is 15.1. The molecule has 4 aromatic rings. The fourth-order valence-electron chi connectivity index (χ4n) is 3.56. The lowest BCUT2D eigenvalue weighted by molar-refractivity contribution is 0.288. The minimum atomic E-state index is -0.109. The molecule has 31 heavy (non-hydrogen) atoms. The Morgan fingerprint density at radius 2 is 1.71 bits per heavy atom. The predicted molar refractivity (Wildman–Crippen MR) is 128 cm³/mol. The lowest BCUT2D eigenvalue weighted by Crippen LogP contribution is -2.25. The molecule has 2 N–H and O–H groups in total. The monoisotopic (exact) mass is 429 g/mol. The molecule has 0 bridgehead atoms. The second-order valence-corrected chi connectivity index (χ2v) is 7.79. The van der Waals surface area contributed by atoms with Crippen molar-refractivity contribution in [1.29, 1.82) is 0 Å². The van der Waals surface area contributed by atoms with Crippen LogP contribution in [0.15, 0.2) is 89.9 Å². The van der Waals surface area contributed by atoms with Crippen LogP contribution in [0.5, 0.6) is 5.75 Å². The summed E-state index contributed by atoms with van der Waals surface area (Å²) in [6.07, 6.45) is 2.44. The van der Waals surface area contributed by atoms with Gasteiger partial charge in [0.2, 0.25) is 0 Å². The number of nitrogens with two attached hydrogens (primary N) is 1. The van der Waals surface area contributed by atoms with Crippen molar-refractivity contribution in [3.63, 3.8) is 0 Å². The maximum absolute atomic E-state index is 12.5. The highest BCUT2D eigenvalue weighted by molar-refractivity contribution is 7.80. The van der Waals surface area contributed by atoms with Gasteiger partial charge >= 0.3 is 0 Å². The van der Waals surface area contributed by atoms with Crippen LogP contribution in [0.3, 0.4) is 0 Å². The van der Waals surface area contributed by atoms with Gasteiger partial charge in [-0.3, -0.25) is 4.79 Å². The van der Waals surface area contributed by atoms with Gasteiger partial charge in [0.1, 0.15) is 12.4 Å². The molecule has 0 aliphatic rings. The van der Waals surface area contributed by atoms with Gasteiger partial charge in [-0.25, -0.2) is 4.68 Å². The van der Waals surface area contributed by atoms with Crippen molar-refractivity contribution < 1.29 is 4.74 Å². The number of thiocarbonyl (C=S) groups is 1. The second kappa shape index (κ2) is 9.53. The van der Waals surface area contributed by atoms with Gasteiger partial charge in [0.05, 0.1) is 23.1 Å². The van der Waals surface area contributed by atoms with Crippen LogP contribution in [0, 0.1) is 0 Å². The number of aromatic nitrogens is 2. The molecule has 1 aromatic heterocycles. The van der Waals surface area contributed by atoms with Crippen molar-refractivity contribution >= 4 is 28.0 Å². The van der Waals surface area contributed by atoms with Crippen molar-refractivity contribution in [1.82, 2.24) is 9.78 Å². The van der Waals surface area contributed by atoms with Crippen LogP contribution in [0.1, 0.15) is 17.0 Å². The number of hydrogen-bond acceptors (Lipinski definition) is 4. The average molecular weight is 430 g/mol. The first-order valence-electron chi connectivity index (χ1n) is 10.1. The SMILES string of the molecule is NC(=S)C(Cc1ccc(OCCn2ncc3ccccc3c2=O)cc1)c1ccccc1. The van der Waals surface area contributed by atoms with E-state index < -0.39 is 0 Å². The molecule has 0 spiro atoms. The largest absolute Gasteiger partial charge is 0.492 e. The summed E-state index contributed by atoms with van der Waals surface area (Å²) in [5, 5.41) is 5.73. The van der Waals surface area contributed by atoms with E-state index in [-0.39, 0.29) is 11.5 Å². The highest BCUT2D eigenvalue weighted by Gasteiger charge is 2.15. The van der Waals surface area contributed by atoms with Gasteiger partial charge in [-0.15, -0.1) is 0 Å². The zero-order valence-corrected chi connectivity index (χ0v) is 17.8. The zero-order chi connectivity index (χ0) is 21.6. The summed E-state index contributed by atoms with van der Waals surface area (Å²) < 4.78 is 7.25. The van der Waals surface area contributed by atoms with Crippen LogP contribution in [-0.4, -0.2) is 21.4 Å². The summed E-state index contributed by atoms with van der Waals surface area (Å²) in [6, 6.07) is 25.4. The van der Waals surface area contributed by atoms with Crippen molar-refractivity contribution in [2.75, 3.05) is 6.61 Å². The van der Waals surface area contributed by atoms with Gasteiger partial charge < -0.3 is 10.5 Å². The Bertz CT molecular complexity index is 1240. The van der Waals surface area contributed by atoms with Crippen molar-refractivity contribution in [3.05, 3.63) is 107 Å². The number of ether oxygens (including phenoxy) is 1. The number of fused-ring (bicyclic) bond motifs is 1. The smallest absolute Gasteiger partial charge is 0.274 e. The summed E-state index contributed by atoms with van der Waals surface area (Å²) in [5.41, 5.74) is 8.12. The highest BCUT2D eigenvalue weighted by atomic mass is 32.1. The van der Waals surface area contributed by atoms with Gasteiger partial charge in [0, 0.05) is 11.3 Å². The number of hydrogen-bond donors (Lipinski definition) is 1. The topological polar surface area (TPSA) is 70.1 Å². The Hall–Kier alpha value is -3.51. The van der Waals surface area contributed by atoms with Crippen molar-refractivity contribution in [2.45, 2.75) is 18.9 Å². The summed E-state index contributed by atoms with van der Waals surface area (Å²) in [6.45, 7) is 0.729. The van der Waals surface area contributed by atoms with E-state index in [1.807, 2.05) is 78.9 Å². The van der Waals surface area contributed by atoms with E-state index >= 15 is 0 Å². The predicted octanol–water partition coefficient (Wildman–Crippen LogP) is 4.09. The van der Waals surface area contributed by atoms with Gasteiger partial charge in [-0.2, -0.15) is 5.10 Å². The van der Waals surface area contributed by atoms with Crippen LogP contribution in [-0.2, 0) is 13.0 Å². The molecule has 0 radical (unpaired) electrons. The molecular formula is C25H23N3O2S. The number of rotatable bonds is 8. The molecule has 1 atom stereocenters. The maximum atomic E-state index is 12.5. The second-order valence-electron chi connectivity index (χ2n) is 7.32. The van der Waals surface area contributed by atoms with E-state index in [1.54, 1.807) is 6.20 Å². The van der Waals surface area contributed by atoms with Gasteiger partial charge in [0.15, 0.2) is 0 Å². The fraction of sp³-hybridized carbons (Fsp3) is 0.160. The molecule has 0 saturated carbocycles. The Kier molecular flexibility index (Phi) is 6.38. The summed E-state index contributed by atoms with van der Waals surface area (Å²) in [4.78, 5) is 13.0. The molecule has 156 valence electrons. The van der Waals surface area contributed by atoms with E-state index in [9.17, 15) is 4.79 Å². The van der Waals surface area contributed by atoms with Crippen LogP contribution in [0.4, 0.5) is 0 Å². The third-order valence-electron chi connectivity index (χ3n) is 5.24. The standard InChI is InChI=1S/C25H23N3O2S/c26-24(31)23(19-6-2-1-3-7-19)16-18-10-12-21(13-11-18)30-15-14-28-25(29)22-9-5-4-8-20(22)17-27-28/h1-13,17,23H,14-16H2,(H2,26,31). The molecule has 1 heterocycles. The molecule has 0 aliphatic heterocycles. The van der Waals surface area contributed by atoms with Crippen molar-refractivity contribution in [2.24, 2.45) is 5.73 Å². The first-order valence-corrected chi connectivity index (χ1v) is 10.5. The maximum Gasteiger partial charge on any atom is 0.274 e. The minimum Gasteiger partial charge on any atom is -0.492 e. The Morgan fingerprint density at radius 1 is 1.00 bits per heavy atom. The van der Waals surface area contributed by atoms with E-state index in [1.165, 1.54) is 4.68 Å². The number of benzene rings is 3. The zero-order valence-electron chi connectivity index (χ0n) is 17.0. The number of nitrogens with zero attached hydrogens (tertiary/aromatic N) is 2. The minimum absolute atomic E-state index is 0.00572. The third-order valence-corrected chi connectivity index (χ3v) is 5.53. The highest BCUT2D eigenvalue weighted by Crippen LogP contribution is 2.23. The molecule has 3 aromatic carbocycles. The van der Waals surface area contributed by atoms with E-state index in [2.05, 4.69) is 5.10 Å². The lowest BCUT2D eigenvalue weighted by atomic mass is 9.92. The third kappa shape index (κ3) is 4.98. The van der Waals surface area contributed by atoms with Gasteiger partial charge in [-0.05, 0) is 35.7 Å².